The van der Waals surface area contributed by atoms with Crippen LogP contribution in [0.25, 0.3) is 44.5 Å². The van der Waals surface area contributed by atoms with Crippen molar-refractivity contribution < 1.29 is 38.0 Å². The second kappa shape index (κ2) is 51.1. The van der Waals surface area contributed by atoms with Crippen molar-refractivity contribution in [2.24, 2.45) is 0 Å². The van der Waals surface area contributed by atoms with E-state index in [0.717, 1.165) is 132 Å². The van der Waals surface area contributed by atoms with Gasteiger partial charge in [0.25, 0.3) is 5.91 Å². The molecule has 6 aromatic heterocycles. The molecule has 149 heavy (non-hydrogen) atoms. The highest BCUT2D eigenvalue weighted by molar-refractivity contribution is 5.95. The third-order valence-corrected chi connectivity index (χ3v) is 24.3. The molecule has 0 spiro atoms. The van der Waals surface area contributed by atoms with Gasteiger partial charge in [-0.1, -0.05) is 291 Å². The molecule has 1 saturated carbocycles. The number of nitrogens with one attached hydrogen (secondary N) is 1. The summed E-state index contributed by atoms with van der Waals surface area (Å²) in [6.45, 7) is 46.2. The van der Waals surface area contributed by atoms with E-state index >= 15 is 0 Å². The molecule has 1 aliphatic carbocycles. The second-order valence-corrected chi connectivity index (χ2v) is 43.7. The highest BCUT2D eigenvalue weighted by Crippen LogP contribution is 2.38. The van der Waals surface area contributed by atoms with Crippen LogP contribution in [0.4, 0.5) is 0 Å². The minimum atomic E-state index is -0.0268. The molecule has 19 rings (SSSR count). The van der Waals surface area contributed by atoms with Gasteiger partial charge in [-0.25, -0.2) is 9.97 Å². The van der Waals surface area contributed by atoms with Gasteiger partial charge in [-0.05, 0) is 335 Å². The van der Waals surface area contributed by atoms with Crippen LogP contribution in [0.15, 0.2) is 433 Å². The van der Waals surface area contributed by atoms with Crippen molar-refractivity contribution in [3.8, 4) is 125 Å². The fourth-order valence-corrected chi connectivity index (χ4v) is 15.1. The molecule has 0 saturated heterocycles. The van der Waals surface area contributed by atoms with Crippen LogP contribution < -0.4 is 38.5 Å². The summed E-state index contributed by atoms with van der Waals surface area (Å²) in [4.78, 5) is 40.4. The third kappa shape index (κ3) is 35.7. The van der Waals surface area contributed by atoms with Crippen molar-refractivity contribution in [1.82, 2.24) is 40.2 Å². The van der Waals surface area contributed by atoms with Crippen molar-refractivity contribution in [2.75, 3.05) is 0 Å². The van der Waals surface area contributed by atoms with E-state index in [2.05, 4.69) is 301 Å². The van der Waals surface area contributed by atoms with Crippen LogP contribution >= 0.6 is 0 Å². The van der Waals surface area contributed by atoms with E-state index in [1.165, 1.54) is 45.3 Å². The molecule has 1 fully saturated rings. The smallest absolute Gasteiger partial charge is 0.251 e. The predicted molar refractivity (Wildman–Crippen MR) is 608 cm³/mol. The molecule has 0 aliphatic heterocycles. The number of pyridine rings is 5. The highest BCUT2D eigenvalue weighted by Gasteiger charge is 2.25. The van der Waals surface area contributed by atoms with Gasteiger partial charge in [-0.15, -0.1) is 0 Å². The first-order valence-electron chi connectivity index (χ1n) is 50.7. The van der Waals surface area contributed by atoms with Gasteiger partial charge in [-0.3, -0.25) is 29.7 Å². The zero-order valence-electron chi connectivity index (χ0n) is 89.9. The van der Waals surface area contributed by atoms with Crippen molar-refractivity contribution in [3.63, 3.8) is 0 Å². The maximum atomic E-state index is 12.1. The predicted octanol–water partition coefficient (Wildman–Crippen LogP) is 35.8. The molecule has 18 aromatic rings. The number of ether oxygens (including phenoxy) is 7. The van der Waals surface area contributed by atoms with Crippen LogP contribution in [0.3, 0.4) is 0 Å². The first-order chi connectivity index (χ1) is 71.1. The zero-order chi connectivity index (χ0) is 106. The van der Waals surface area contributed by atoms with E-state index in [1.807, 2.05) is 237 Å². The molecule has 6 heterocycles. The van der Waals surface area contributed by atoms with Crippen LogP contribution in [0.1, 0.15) is 208 Å². The summed E-state index contributed by atoms with van der Waals surface area (Å²) in [6, 6.07) is 117. The summed E-state index contributed by atoms with van der Waals surface area (Å²) in [6.07, 6.45) is 25.0. The SMILES string of the molecule is CC(C)(C)c1ccc(Oc2ccc(-c3cccnc3)cc2)cc1.CC(C)(C)c1ccc(Oc2ccc(-c3ccncc3)cc2)cc1.CC(C)(C)c1ccc(Oc2ccc(-c3cncnc3)cc2)cc1.CC(C)(C)c1ccc(Oc2cccc(-c3ccncc3)c2)cc1.CC(C)(C)c1ccc(Oc2cccc(C(=O)NC3CC3)c2)cc1.CC(C)(C)c1ccc(Oc2cccnc2)cc1.CC(C)(C)c1ccc(Oc2ccncc2)cc1. The van der Waals surface area contributed by atoms with Crippen LogP contribution in [0.2, 0.25) is 0 Å². The number of carbonyl (C=O) groups is 1. The van der Waals surface area contributed by atoms with E-state index in [9.17, 15) is 4.79 Å². The fraction of sp³-hybridized carbons (Fsp3) is 0.233. The molecule has 1 amide bonds. The Morgan fingerprint density at radius 3 is 0.738 bits per heavy atom. The van der Waals surface area contributed by atoms with Crippen molar-refractivity contribution in [2.45, 2.75) is 202 Å². The number of benzene rings is 12. The fourth-order valence-electron chi connectivity index (χ4n) is 15.1. The van der Waals surface area contributed by atoms with Crippen molar-refractivity contribution in [3.05, 3.63) is 477 Å². The van der Waals surface area contributed by atoms with Gasteiger partial charge in [0.05, 0.1) is 6.20 Å². The van der Waals surface area contributed by atoms with Gasteiger partial charge in [0, 0.05) is 85.3 Å². The molecule has 0 bridgehead atoms. The minimum Gasteiger partial charge on any atom is -0.457 e. The Morgan fingerprint density at radius 2 is 0.436 bits per heavy atom. The monoisotopic (exact) mass is 1980 g/mol. The number of rotatable bonds is 20. The van der Waals surface area contributed by atoms with Gasteiger partial charge in [0.2, 0.25) is 0 Å². The lowest BCUT2D eigenvalue weighted by Gasteiger charge is -2.19. The summed E-state index contributed by atoms with van der Waals surface area (Å²) in [7, 11) is 0. The second-order valence-electron chi connectivity index (χ2n) is 43.7. The van der Waals surface area contributed by atoms with Crippen LogP contribution in [0.5, 0.6) is 80.5 Å². The van der Waals surface area contributed by atoms with Crippen molar-refractivity contribution >= 4 is 5.91 Å². The van der Waals surface area contributed by atoms with E-state index in [-0.39, 0.29) is 43.8 Å². The van der Waals surface area contributed by atoms with Crippen LogP contribution in [-0.2, 0) is 37.9 Å². The van der Waals surface area contributed by atoms with Gasteiger partial charge in [0.15, 0.2) is 0 Å². The molecular formula is C133H140N8O8. The van der Waals surface area contributed by atoms with Gasteiger partial charge in [-0.2, -0.15) is 0 Å². The first-order valence-corrected chi connectivity index (χ1v) is 50.7. The van der Waals surface area contributed by atoms with Crippen molar-refractivity contribution in [1.29, 1.82) is 0 Å². The average Bonchev–Trinajstić information content (AvgIpc) is 1.82. The topological polar surface area (TPSA) is 184 Å². The zero-order valence-corrected chi connectivity index (χ0v) is 89.9. The molecule has 0 unspecified atom stereocenters. The van der Waals surface area contributed by atoms with E-state index < -0.39 is 0 Å². The summed E-state index contributed by atoms with van der Waals surface area (Å²) >= 11 is 0. The number of carbonyl (C=O) groups excluding carboxylic acids is 1. The van der Waals surface area contributed by atoms with Gasteiger partial charge < -0.3 is 38.5 Å². The molecule has 16 nitrogen and oxygen atoms in total. The maximum absolute atomic E-state index is 12.1. The molecule has 12 aromatic carbocycles. The quantitative estimate of drug-likeness (QED) is 0.0759. The summed E-state index contributed by atoms with van der Waals surface area (Å²) in [5.41, 5.74) is 19.7. The Labute approximate surface area is 882 Å². The number of aromatic nitrogens is 7. The summed E-state index contributed by atoms with van der Waals surface area (Å²) in [5, 5.41) is 2.99. The highest BCUT2D eigenvalue weighted by atomic mass is 16.5. The number of hydrogen-bond acceptors (Lipinski definition) is 15. The molecule has 1 aliphatic rings. The maximum Gasteiger partial charge on any atom is 0.251 e. The lowest BCUT2D eigenvalue weighted by molar-refractivity contribution is 0.0950. The Kier molecular flexibility index (Phi) is 37.6. The summed E-state index contributed by atoms with van der Waals surface area (Å²) < 4.78 is 41.0. The number of nitrogens with zero attached hydrogens (tertiary/aromatic N) is 7. The Morgan fingerprint density at radius 1 is 0.201 bits per heavy atom. The van der Waals surface area contributed by atoms with Crippen LogP contribution in [0, 0.1) is 0 Å². The Hall–Kier alpha value is -16.5. The molecule has 760 valence electrons. The molecular weight excluding hydrogens is 1840 g/mol. The lowest BCUT2D eigenvalue weighted by atomic mass is 9.87. The molecule has 16 heteroatoms. The average molecular weight is 1980 g/mol. The van der Waals surface area contributed by atoms with Gasteiger partial charge >= 0.3 is 0 Å². The van der Waals surface area contributed by atoms with E-state index in [1.54, 1.807) is 74.2 Å². The molecule has 1 N–H and O–H groups in total. The lowest BCUT2D eigenvalue weighted by Crippen LogP contribution is -2.25. The normalized spacial score (nSPS) is 11.7. The first kappa shape index (κ1) is 110. The Balaban J connectivity index is 0.000000145. The standard InChI is InChI=1S/3C21H21NO.C20H20N2O.C20H23NO2.2C15H17NO/c1-21(2,3)18-6-10-20(11-7-18)23-19-8-4-16(5-9-19)17-12-14-22-15-13-17;1-21(2,3)18-8-12-20(13-9-18)23-19-10-6-16(7-11-19)17-5-4-14-22-15-17;1-21(2,3)18-7-9-19(10-8-18)23-20-6-4-5-17(15-20)16-11-13-22-14-12-16;1-20(2,3)17-6-10-19(11-7-17)23-18-8-4-15(5-9-18)16-12-21-14-22-13-16;1-20(2,3)15-7-11-17(12-8-15)23-18-6-4-5-14(13-18)19(22)21-16-9-10-16;1-15(2,3)12-4-6-13(7-5-12)17-14-8-10-16-11-9-14;1-15(2,3)12-6-8-13(9-7-12)17-14-5-4-10-16-11-14/h3*4-15H,1-3H3;4-14H,1-3H3;4-8,11-13,16H,9-10H2,1-3H3,(H,21,22);2*4-11H,1-3H3. The minimum absolute atomic E-state index is 0.0268. The summed E-state index contributed by atoms with van der Waals surface area (Å²) in [5.74, 6) is 11.4. The number of amides is 1. The van der Waals surface area contributed by atoms with E-state index in [4.69, 9.17) is 33.2 Å². The number of hydrogen-bond donors (Lipinski definition) is 1. The largest absolute Gasteiger partial charge is 0.457 e. The molecule has 0 radical (unpaired) electrons. The molecule has 0 atom stereocenters. The third-order valence-electron chi connectivity index (χ3n) is 24.3. The van der Waals surface area contributed by atoms with Gasteiger partial charge in [0.1, 0.15) is 86.8 Å². The van der Waals surface area contributed by atoms with E-state index in [0.29, 0.717) is 17.4 Å². The van der Waals surface area contributed by atoms with Crippen LogP contribution in [-0.4, -0.2) is 46.8 Å². The Bertz CT molecular complexity index is 6670.